The zero-order valence-corrected chi connectivity index (χ0v) is 11.6. The Labute approximate surface area is 117 Å². The molecule has 0 bridgehead atoms. The minimum absolute atomic E-state index is 0.302. The van der Waals surface area contributed by atoms with Gasteiger partial charge in [0.25, 0.3) is 0 Å². The van der Waals surface area contributed by atoms with Gasteiger partial charge in [0.2, 0.25) is 0 Å². The molecule has 0 atom stereocenters. The Morgan fingerprint density at radius 3 is 2.60 bits per heavy atom. The van der Waals surface area contributed by atoms with Crippen molar-refractivity contribution in [2.24, 2.45) is 0 Å². The van der Waals surface area contributed by atoms with Gasteiger partial charge in [-0.25, -0.2) is 13.9 Å². The molecule has 0 amide bonds. The Kier molecular flexibility index (Phi) is 4.50. The van der Waals surface area contributed by atoms with Gasteiger partial charge in [-0.3, -0.25) is 0 Å². The third-order valence-electron chi connectivity index (χ3n) is 2.92. The summed E-state index contributed by atoms with van der Waals surface area (Å²) in [6.07, 6.45) is 3.08. The SMILES string of the molecule is CCCc1c(C(=O)OCC)cnn1-c1ccc(F)cc1. The number of hydrogen-bond donors (Lipinski definition) is 0. The van der Waals surface area contributed by atoms with Gasteiger partial charge >= 0.3 is 5.97 Å². The monoisotopic (exact) mass is 276 g/mol. The molecule has 1 heterocycles. The van der Waals surface area contributed by atoms with Crippen LogP contribution in [0.2, 0.25) is 0 Å². The fourth-order valence-electron chi connectivity index (χ4n) is 2.04. The first kappa shape index (κ1) is 14.2. The smallest absolute Gasteiger partial charge is 0.341 e. The quantitative estimate of drug-likeness (QED) is 0.788. The van der Waals surface area contributed by atoms with Crippen LogP contribution in [0.1, 0.15) is 36.3 Å². The number of nitrogens with zero attached hydrogens (tertiary/aromatic N) is 2. The van der Waals surface area contributed by atoms with E-state index in [0.29, 0.717) is 18.6 Å². The number of carbonyl (C=O) groups is 1. The van der Waals surface area contributed by atoms with Crippen LogP contribution in [0.25, 0.3) is 5.69 Å². The Balaban J connectivity index is 2.43. The molecule has 4 nitrogen and oxygen atoms in total. The van der Waals surface area contributed by atoms with Crippen molar-refractivity contribution in [2.75, 3.05) is 6.61 Å². The van der Waals surface area contributed by atoms with Gasteiger partial charge in [0, 0.05) is 0 Å². The van der Waals surface area contributed by atoms with Crippen LogP contribution in [0, 0.1) is 5.82 Å². The highest BCUT2D eigenvalue weighted by atomic mass is 19.1. The number of halogens is 1. The van der Waals surface area contributed by atoms with E-state index in [1.807, 2.05) is 6.92 Å². The summed E-state index contributed by atoms with van der Waals surface area (Å²) in [5.41, 5.74) is 1.99. The van der Waals surface area contributed by atoms with Crippen molar-refractivity contribution in [2.45, 2.75) is 26.7 Å². The Morgan fingerprint density at radius 1 is 1.30 bits per heavy atom. The molecule has 5 heteroatoms. The van der Waals surface area contributed by atoms with Crippen LogP contribution in [0.3, 0.4) is 0 Å². The molecule has 1 aromatic heterocycles. The van der Waals surface area contributed by atoms with E-state index in [-0.39, 0.29) is 11.8 Å². The van der Waals surface area contributed by atoms with Gasteiger partial charge in [-0.15, -0.1) is 0 Å². The Hall–Kier alpha value is -2.17. The number of esters is 1. The summed E-state index contributed by atoms with van der Waals surface area (Å²) in [7, 11) is 0. The topological polar surface area (TPSA) is 44.1 Å². The molecule has 0 fully saturated rings. The molecule has 106 valence electrons. The van der Waals surface area contributed by atoms with Crippen LogP contribution in [0.5, 0.6) is 0 Å². The lowest BCUT2D eigenvalue weighted by atomic mass is 10.1. The highest BCUT2D eigenvalue weighted by molar-refractivity contribution is 5.90. The van der Waals surface area contributed by atoms with E-state index < -0.39 is 0 Å². The zero-order chi connectivity index (χ0) is 14.5. The van der Waals surface area contributed by atoms with E-state index >= 15 is 0 Å². The second-order valence-electron chi connectivity index (χ2n) is 4.36. The number of benzene rings is 1. The highest BCUT2D eigenvalue weighted by Gasteiger charge is 2.18. The van der Waals surface area contributed by atoms with Gasteiger partial charge in [-0.2, -0.15) is 5.10 Å². The summed E-state index contributed by atoms with van der Waals surface area (Å²) >= 11 is 0. The van der Waals surface area contributed by atoms with Gasteiger partial charge in [0.05, 0.1) is 24.2 Å². The number of ether oxygens (including phenoxy) is 1. The molecule has 0 aliphatic rings. The molecule has 1 aromatic carbocycles. The molecular weight excluding hydrogens is 259 g/mol. The van der Waals surface area contributed by atoms with Crippen molar-refractivity contribution in [3.05, 3.63) is 47.5 Å². The summed E-state index contributed by atoms with van der Waals surface area (Å²) in [6, 6.07) is 6.01. The Bertz CT molecular complexity index is 590. The molecule has 0 unspecified atom stereocenters. The molecule has 0 saturated heterocycles. The highest BCUT2D eigenvalue weighted by Crippen LogP contribution is 2.18. The fraction of sp³-hybridized carbons (Fsp3) is 0.333. The predicted molar refractivity (Wildman–Crippen MR) is 73.5 cm³/mol. The van der Waals surface area contributed by atoms with Gasteiger partial charge in [-0.1, -0.05) is 13.3 Å². The molecule has 0 saturated carbocycles. The molecular formula is C15H17FN2O2. The maximum absolute atomic E-state index is 13.0. The first-order valence-corrected chi connectivity index (χ1v) is 6.67. The molecule has 20 heavy (non-hydrogen) atoms. The molecule has 0 N–H and O–H groups in total. The lowest BCUT2D eigenvalue weighted by molar-refractivity contribution is 0.0525. The predicted octanol–water partition coefficient (Wildman–Crippen LogP) is 3.14. The Morgan fingerprint density at radius 2 is 2.00 bits per heavy atom. The average Bonchev–Trinajstić information content (AvgIpc) is 2.84. The van der Waals surface area contributed by atoms with E-state index in [9.17, 15) is 9.18 Å². The summed E-state index contributed by atoms with van der Waals surface area (Å²) in [6.45, 7) is 4.12. The van der Waals surface area contributed by atoms with E-state index in [1.54, 1.807) is 23.7 Å². The second kappa shape index (κ2) is 6.32. The standard InChI is InChI=1S/C15H17FN2O2/c1-3-5-14-13(15(19)20-4-2)10-17-18(14)12-8-6-11(16)7-9-12/h6-10H,3-5H2,1-2H3. The largest absolute Gasteiger partial charge is 0.462 e. The summed E-state index contributed by atoms with van der Waals surface area (Å²) in [5, 5.41) is 4.23. The van der Waals surface area contributed by atoms with E-state index in [0.717, 1.165) is 17.8 Å². The van der Waals surface area contributed by atoms with Crippen LogP contribution in [0.15, 0.2) is 30.5 Å². The van der Waals surface area contributed by atoms with Gasteiger partial charge in [-0.05, 0) is 37.6 Å². The minimum atomic E-state index is -0.371. The molecule has 0 radical (unpaired) electrons. The van der Waals surface area contributed by atoms with Crippen molar-refractivity contribution in [1.29, 1.82) is 0 Å². The molecule has 2 rings (SSSR count). The van der Waals surface area contributed by atoms with E-state index in [2.05, 4.69) is 5.10 Å². The number of aromatic nitrogens is 2. The van der Waals surface area contributed by atoms with Gasteiger partial charge in [0.1, 0.15) is 11.4 Å². The van der Waals surface area contributed by atoms with Crippen LogP contribution >= 0.6 is 0 Å². The van der Waals surface area contributed by atoms with Crippen molar-refractivity contribution in [1.82, 2.24) is 9.78 Å². The van der Waals surface area contributed by atoms with Gasteiger partial charge in [0.15, 0.2) is 0 Å². The third kappa shape index (κ3) is 2.87. The lowest BCUT2D eigenvalue weighted by Gasteiger charge is -2.08. The lowest BCUT2D eigenvalue weighted by Crippen LogP contribution is -2.09. The first-order chi connectivity index (χ1) is 9.67. The first-order valence-electron chi connectivity index (χ1n) is 6.67. The van der Waals surface area contributed by atoms with Crippen molar-refractivity contribution in [3.8, 4) is 5.69 Å². The minimum Gasteiger partial charge on any atom is -0.462 e. The maximum Gasteiger partial charge on any atom is 0.341 e. The van der Waals surface area contributed by atoms with Crippen LogP contribution in [-0.4, -0.2) is 22.4 Å². The number of carbonyl (C=O) groups excluding carboxylic acids is 1. The van der Waals surface area contributed by atoms with E-state index in [1.165, 1.54) is 18.3 Å². The maximum atomic E-state index is 13.0. The van der Waals surface area contributed by atoms with Crippen LogP contribution in [-0.2, 0) is 11.2 Å². The van der Waals surface area contributed by atoms with Crippen molar-refractivity contribution < 1.29 is 13.9 Å². The summed E-state index contributed by atoms with van der Waals surface area (Å²) in [4.78, 5) is 11.9. The molecule has 0 aliphatic carbocycles. The fourth-order valence-corrected chi connectivity index (χ4v) is 2.04. The van der Waals surface area contributed by atoms with Crippen molar-refractivity contribution in [3.63, 3.8) is 0 Å². The molecule has 0 aliphatic heterocycles. The summed E-state index contributed by atoms with van der Waals surface area (Å²) < 4.78 is 19.7. The van der Waals surface area contributed by atoms with Crippen LogP contribution in [0.4, 0.5) is 4.39 Å². The third-order valence-corrected chi connectivity index (χ3v) is 2.92. The van der Waals surface area contributed by atoms with Crippen molar-refractivity contribution >= 4 is 5.97 Å². The molecule has 2 aromatic rings. The summed E-state index contributed by atoms with van der Waals surface area (Å²) in [5.74, 6) is -0.673. The number of rotatable bonds is 5. The normalized spacial score (nSPS) is 10.6. The average molecular weight is 276 g/mol. The second-order valence-corrected chi connectivity index (χ2v) is 4.36. The zero-order valence-electron chi connectivity index (χ0n) is 11.6. The van der Waals surface area contributed by atoms with Gasteiger partial charge < -0.3 is 4.74 Å². The van der Waals surface area contributed by atoms with E-state index in [4.69, 9.17) is 4.74 Å². The van der Waals surface area contributed by atoms with Crippen LogP contribution < -0.4 is 0 Å². The number of hydrogen-bond acceptors (Lipinski definition) is 3. The molecule has 0 spiro atoms.